The zero-order chi connectivity index (χ0) is 13.0. The molecule has 2 rings (SSSR count). The maximum atomic E-state index is 8.97. The highest BCUT2D eigenvalue weighted by Crippen LogP contribution is 2.20. The second kappa shape index (κ2) is 6.12. The van der Waals surface area contributed by atoms with Crippen LogP contribution in [0.25, 0.3) is 0 Å². The molecule has 0 atom stereocenters. The first kappa shape index (κ1) is 13.2. The molecule has 18 heavy (non-hydrogen) atoms. The maximum Gasteiger partial charge on any atom is 0.0934 e. The van der Waals surface area contributed by atoms with Gasteiger partial charge in [0.1, 0.15) is 0 Å². The van der Waals surface area contributed by atoms with Crippen molar-refractivity contribution in [2.45, 2.75) is 33.1 Å². The summed E-state index contributed by atoms with van der Waals surface area (Å²) in [7, 11) is 0. The molecule has 0 spiro atoms. The average molecular weight is 261 g/mol. The number of thiazole rings is 1. The van der Waals surface area contributed by atoms with Gasteiger partial charge >= 0.3 is 0 Å². The van der Waals surface area contributed by atoms with E-state index < -0.39 is 0 Å². The summed E-state index contributed by atoms with van der Waals surface area (Å²) in [6.45, 7) is 4.34. The third-order valence-electron chi connectivity index (χ3n) is 3.02. The van der Waals surface area contributed by atoms with E-state index in [0.29, 0.717) is 0 Å². The summed E-state index contributed by atoms with van der Waals surface area (Å²) in [5, 5.41) is 10.1. The fraction of sp³-hybridized carbons (Fsp3) is 0.400. The van der Waals surface area contributed by atoms with Crippen LogP contribution in [0.4, 0.5) is 0 Å². The molecule has 2 aromatic rings. The van der Waals surface area contributed by atoms with Crippen LogP contribution < -0.4 is 0 Å². The van der Waals surface area contributed by atoms with Gasteiger partial charge in [0.05, 0.1) is 10.7 Å². The Balaban J connectivity index is 1.97. The van der Waals surface area contributed by atoms with Crippen LogP contribution in [0.2, 0.25) is 0 Å². The monoisotopic (exact) mass is 261 g/mol. The van der Waals surface area contributed by atoms with Gasteiger partial charge in [0.25, 0.3) is 0 Å². The quantitative estimate of drug-likeness (QED) is 0.897. The van der Waals surface area contributed by atoms with Crippen LogP contribution in [0.5, 0.6) is 0 Å². The Morgan fingerprint density at radius 2 is 1.78 bits per heavy atom. The zero-order valence-electron chi connectivity index (χ0n) is 10.9. The van der Waals surface area contributed by atoms with E-state index in [-0.39, 0.29) is 6.61 Å². The lowest BCUT2D eigenvalue weighted by molar-refractivity contribution is 0.300. The van der Waals surface area contributed by atoms with Crippen molar-refractivity contribution in [3.63, 3.8) is 0 Å². The van der Waals surface area contributed by atoms with Crippen molar-refractivity contribution in [3.05, 3.63) is 51.0 Å². The highest BCUT2D eigenvalue weighted by molar-refractivity contribution is 7.11. The van der Waals surface area contributed by atoms with E-state index in [1.54, 1.807) is 11.3 Å². The molecule has 96 valence electrons. The molecule has 1 heterocycles. The molecule has 1 N–H and O–H groups in total. The highest BCUT2D eigenvalue weighted by Gasteiger charge is 2.07. The Labute approximate surface area is 112 Å². The molecule has 0 amide bonds. The molecular weight excluding hydrogens is 242 g/mol. The van der Waals surface area contributed by atoms with Gasteiger partial charge < -0.3 is 5.11 Å². The van der Waals surface area contributed by atoms with Crippen molar-refractivity contribution in [1.29, 1.82) is 0 Å². The van der Waals surface area contributed by atoms with Gasteiger partial charge in [0.2, 0.25) is 0 Å². The Morgan fingerprint density at radius 1 is 1.06 bits per heavy atom. The van der Waals surface area contributed by atoms with Crippen LogP contribution in [0.3, 0.4) is 0 Å². The number of aryl methyl sites for hydroxylation is 4. The molecule has 0 radical (unpaired) electrons. The lowest BCUT2D eigenvalue weighted by atomic mass is 10.1. The summed E-state index contributed by atoms with van der Waals surface area (Å²) in [4.78, 5) is 5.79. The van der Waals surface area contributed by atoms with Crippen LogP contribution >= 0.6 is 11.3 Å². The fourth-order valence-electron chi connectivity index (χ4n) is 1.93. The minimum atomic E-state index is 0.209. The minimum Gasteiger partial charge on any atom is -0.396 e. The molecular formula is C15H19NOS. The van der Waals surface area contributed by atoms with Crippen LogP contribution in [0.1, 0.15) is 26.7 Å². The SMILES string of the molecule is Cc1ccc(CCc2nc(C)c(CCO)s2)cc1. The molecule has 0 saturated heterocycles. The van der Waals surface area contributed by atoms with Gasteiger partial charge in [-0.3, -0.25) is 0 Å². The Bertz CT molecular complexity index is 502. The topological polar surface area (TPSA) is 33.1 Å². The molecule has 0 aliphatic rings. The van der Waals surface area contributed by atoms with E-state index >= 15 is 0 Å². The van der Waals surface area contributed by atoms with Gasteiger partial charge in [-0.2, -0.15) is 0 Å². The van der Waals surface area contributed by atoms with Crippen LogP contribution in [-0.4, -0.2) is 16.7 Å². The minimum absolute atomic E-state index is 0.209. The van der Waals surface area contributed by atoms with E-state index in [2.05, 4.69) is 36.2 Å². The number of nitrogens with zero attached hydrogens (tertiary/aromatic N) is 1. The van der Waals surface area contributed by atoms with Gasteiger partial charge in [-0.05, 0) is 25.8 Å². The van der Waals surface area contributed by atoms with Gasteiger partial charge in [-0.1, -0.05) is 29.8 Å². The van der Waals surface area contributed by atoms with Crippen LogP contribution in [-0.2, 0) is 19.3 Å². The van der Waals surface area contributed by atoms with E-state index in [4.69, 9.17) is 5.11 Å². The molecule has 2 nitrogen and oxygen atoms in total. The second-order valence-corrected chi connectivity index (χ2v) is 5.74. The first-order valence-corrected chi connectivity index (χ1v) is 7.12. The first-order chi connectivity index (χ1) is 8.69. The molecule has 0 unspecified atom stereocenters. The van der Waals surface area contributed by atoms with Crippen molar-refractivity contribution in [2.75, 3.05) is 6.61 Å². The standard InChI is InChI=1S/C15H19NOS/c1-11-3-5-13(6-4-11)7-8-15-16-12(2)14(18-15)9-10-17/h3-6,17H,7-10H2,1-2H3. The van der Waals surface area contributed by atoms with Crippen molar-refractivity contribution in [1.82, 2.24) is 4.98 Å². The van der Waals surface area contributed by atoms with E-state index in [0.717, 1.165) is 25.0 Å². The van der Waals surface area contributed by atoms with Gasteiger partial charge in [-0.15, -0.1) is 11.3 Å². The van der Waals surface area contributed by atoms with Gasteiger partial charge in [0.15, 0.2) is 0 Å². The predicted octanol–water partition coefficient (Wildman–Crippen LogP) is 3.08. The molecule has 1 aromatic carbocycles. The first-order valence-electron chi connectivity index (χ1n) is 6.30. The van der Waals surface area contributed by atoms with E-state index in [1.165, 1.54) is 21.0 Å². The van der Waals surface area contributed by atoms with Crippen molar-refractivity contribution in [3.8, 4) is 0 Å². The summed E-state index contributed by atoms with van der Waals surface area (Å²) in [5.41, 5.74) is 3.74. The number of benzene rings is 1. The number of hydrogen-bond acceptors (Lipinski definition) is 3. The molecule has 0 bridgehead atoms. The van der Waals surface area contributed by atoms with Crippen LogP contribution in [0, 0.1) is 13.8 Å². The largest absolute Gasteiger partial charge is 0.396 e. The third kappa shape index (κ3) is 3.40. The molecule has 3 heteroatoms. The third-order valence-corrected chi connectivity index (χ3v) is 4.30. The average Bonchev–Trinajstić information content (AvgIpc) is 2.70. The summed E-state index contributed by atoms with van der Waals surface area (Å²) >= 11 is 1.74. The lowest BCUT2D eigenvalue weighted by Gasteiger charge is -1.99. The Morgan fingerprint density at radius 3 is 2.44 bits per heavy atom. The second-order valence-electron chi connectivity index (χ2n) is 4.58. The van der Waals surface area contributed by atoms with Gasteiger partial charge in [-0.25, -0.2) is 4.98 Å². The summed E-state index contributed by atoms with van der Waals surface area (Å²) in [6, 6.07) is 8.67. The van der Waals surface area contributed by atoms with Crippen LogP contribution in [0.15, 0.2) is 24.3 Å². The molecule has 0 aliphatic carbocycles. The highest BCUT2D eigenvalue weighted by atomic mass is 32.1. The maximum absolute atomic E-state index is 8.97. The molecule has 0 fully saturated rings. The lowest BCUT2D eigenvalue weighted by Crippen LogP contribution is -1.91. The molecule has 1 aromatic heterocycles. The normalized spacial score (nSPS) is 10.8. The van der Waals surface area contributed by atoms with E-state index in [1.807, 2.05) is 6.92 Å². The number of aliphatic hydroxyl groups is 1. The number of aromatic nitrogens is 1. The summed E-state index contributed by atoms with van der Waals surface area (Å²) in [5.74, 6) is 0. The number of hydrogen-bond donors (Lipinski definition) is 1. The molecule has 0 saturated carbocycles. The number of aliphatic hydroxyl groups excluding tert-OH is 1. The zero-order valence-corrected chi connectivity index (χ0v) is 11.8. The smallest absolute Gasteiger partial charge is 0.0934 e. The summed E-state index contributed by atoms with van der Waals surface area (Å²) < 4.78 is 0. The fourth-order valence-corrected chi connectivity index (χ4v) is 2.99. The summed E-state index contributed by atoms with van der Waals surface area (Å²) in [6.07, 6.45) is 2.75. The van der Waals surface area contributed by atoms with Crippen molar-refractivity contribution in [2.24, 2.45) is 0 Å². The van der Waals surface area contributed by atoms with Gasteiger partial charge in [0, 0.05) is 24.3 Å². The predicted molar refractivity (Wildman–Crippen MR) is 76.2 cm³/mol. The van der Waals surface area contributed by atoms with Crippen molar-refractivity contribution >= 4 is 11.3 Å². The molecule has 0 aliphatic heterocycles. The van der Waals surface area contributed by atoms with E-state index in [9.17, 15) is 0 Å². The Kier molecular flexibility index (Phi) is 4.50. The number of rotatable bonds is 5. The Hall–Kier alpha value is -1.19. The van der Waals surface area contributed by atoms with Crippen molar-refractivity contribution < 1.29 is 5.11 Å².